The third-order valence-corrected chi connectivity index (χ3v) is 19.8. The van der Waals surface area contributed by atoms with Crippen LogP contribution in [0, 0.1) is 36.5 Å². The first-order chi connectivity index (χ1) is 13.6. The fourth-order valence-corrected chi connectivity index (χ4v) is 15.4. The molecular weight excluding hydrogens is 487 g/mol. The topological polar surface area (TPSA) is 0 Å². The summed E-state index contributed by atoms with van der Waals surface area (Å²) >= 11 is 0. The first kappa shape index (κ1) is 27.9. The van der Waals surface area contributed by atoms with Crippen LogP contribution >= 0.6 is 0 Å². The molecule has 0 aromatic rings. The molecule has 4 fully saturated rings. The van der Waals surface area contributed by atoms with Gasteiger partial charge in [-0.1, -0.05) is 98.7 Å². The molecule has 0 amide bonds. The molecule has 0 radical (unpaired) electrons. The van der Waals surface area contributed by atoms with Crippen LogP contribution in [0.5, 0.6) is 0 Å². The van der Waals surface area contributed by atoms with Crippen molar-refractivity contribution < 1.29 is 46.5 Å². The largest absolute Gasteiger partial charge is 4.00 e. The van der Waals surface area contributed by atoms with Crippen molar-refractivity contribution in [1.82, 2.24) is 0 Å². The minimum Gasteiger partial charge on any atom is -1.00 e. The van der Waals surface area contributed by atoms with Crippen molar-refractivity contribution in [2.45, 2.75) is 74.0 Å². The first-order valence-corrected chi connectivity index (χ1v) is 17.9. The summed E-state index contributed by atoms with van der Waals surface area (Å²) in [6, 6.07) is 6.37. The summed E-state index contributed by atoms with van der Waals surface area (Å²) in [5, 5.41) is 0. The molecule has 0 bridgehead atoms. The van der Waals surface area contributed by atoms with Crippen molar-refractivity contribution in [2.24, 2.45) is 23.7 Å². The summed E-state index contributed by atoms with van der Waals surface area (Å²) in [4.78, 5) is 0. The molecule has 6 aliphatic rings. The average Bonchev–Trinajstić information content (AvgIpc) is 3.29. The van der Waals surface area contributed by atoms with Gasteiger partial charge in [0.25, 0.3) is 0 Å². The molecule has 6 unspecified atom stereocenters. The van der Waals surface area contributed by atoms with Crippen molar-refractivity contribution in [3.05, 3.63) is 61.4 Å². The molecule has 2 heterocycles. The van der Waals surface area contributed by atoms with Gasteiger partial charge in [0.1, 0.15) is 0 Å². The molecule has 0 spiro atoms. The average molecular weight is 526 g/mol. The minimum absolute atomic E-state index is 0. The summed E-state index contributed by atoms with van der Waals surface area (Å²) in [6.45, 7) is 5.26. The maximum absolute atomic E-state index is 2.67. The standard InChI is InChI=1S/2C13H19Si.2ClH.Ti/c2*1-14(9-4-10-14)13-8-7-11-5-2-3-6-12(11)13;;;/h2*2-3,5-6,8,11-13H,4,7,9-10H2,1H3;2*1H;/q2*-1;;;+4/p-2. The monoisotopic (exact) mass is 524 g/mol. The predicted molar refractivity (Wildman–Crippen MR) is 128 cm³/mol. The zero-order chi connectivity index (χ0) is 19.2. The van der Waals surface area contributed by atoms with Gasteiger partial charge in [0, 0.05) is 16.1 Å². The van der Waals surface area contributed by atoms with Gasteiger partial charge in [-0.15, -0.1) is 0 Å². The van der Waals surface area contributed by atoms with Crippen LogP contribution in [0.3, 0.4) is 0 Å². The van der Waals surface area contributed by atoms with Gasteiger partial charge >= 0.3 is 21.7 Å². The third-order valence-electron chi connectivity index (χ3n) is 9.35. The second kappa shape index (κ2) is 11.4. The second-order valence-corrected chi connectivity index (χ2v) is 21.0. The zero-order valence-corrected chi connectivity index (χ0v) is 24.2. The molecule has 0 N–H and O–H groups in total. The second-order valence-electron chi connectivity index (χ2n) is 11.0. The predicted octanol–water partition coefficient (Wildman–Crippen LogP) is 1.62. The van der Waals surface area contributed by atoms with E-state index in [1.165, 1.54) is 25.7 Å². The Morgan fingerprint density at radius 2 is 0.968 bits per heavy atom. The van der Waals surface area contributed by atoms with E-state index in [2.05, 4.69) is 74.5 Å². The minimum atomic E-state index is -0.813. The third kappa shape index (κ3) is 5.35. The number of hydrogen-bond donors (Lipinski definition) is 0. The molecule has 31 heavy (non-hydrogen) atoms. The van der Waals surface area contributed by atoms with E-state index in [1.807, 2.05) is 0 Å². The molecule has 0 aromatic carbocycles. The van der Waals surface area contributed by atoms with E-state index < -0.39 is 16.1 Å². The number of rotatable bonds is 2. The summed E-state index contributed by atoms with van der Waals surface area (Å²) in [5.74, 6) is 3.48. The number of allylic oxidation sites excluding steroid dienone is 8. The summed E-state index contributed by atoms with van der Waals surface area (Å²) in [5.41, 5.74) is 2.00. The molecule has 0 aromatic heterocycles. The Bertz CT molecular complexity index is 648. The molecule has 6 atom stereocenters. The van der Waals surface area contributed by atoms with Gasteiger partial charge in [-0.2, -0.15) is 23.9 Å². The van der Waals surface area contributed by atoms with Gasteiger partial charge < -0.3 is 37.7 Å². The van der Waals surface area contributed by atoms with E-state index >= 15 is 0 Å². The SMILES string of the molecule is C[Si]1(C2[CH-]CC3C=CC=CC32)CCC1.C[Si]1(C2[CH-]CC3C=CC=CC32)CCC1.[Cl-].[Cl-].[Ti+4]. The maximum atomic E-state index is 2.67. The van der Waals surface area contributed by atoms with Crippen molar-refractivity contribution >= 4 is 16.1 Å². The van der Waals surface area contributed by atoms with Crippen LogP contribution < -0.4 is 24.8 Å². The summed E-state index contributed by atoms with van der Waals surface area (Å²) in [6.07, 6.45) is 29.9. The molecule has 5 heteroatoms. The quantitative estimate of drug-likeness (QED) is 0.380. The van der Waals surface area contributed by atoms with E-state index in [0.717, 1.165) is 34.8 Å². The Balaban J connectivity index is 0.000000201. The van der Waals surface area contributed by atoms with Gasteiger partial charge in [-0.25, -0.2) is 0 Å². The Morgan fingerprint density at radius 3 is 1.29 bits per heavy atom. The molecule has 2 aliphatic heterocycles. The van der Waals surface area contributed by atoms with Crippen molar-refractivity contribution in [3.8, 4) is 0 Å². The van der Waals surface area contributed by atoms with Crippen molar-refractivity contribution in [1.29, 1.82) is 0 Å². The van der Waals surface area contributed by atoms with Crippen LogP contribution in [-0.4, -0.2) is 16.1 Å². The van der Waals surface area contributed by atoms with Crippen LogP contribution in [0.2, 0.25) is 48.4 Å². The molecule has 0 nitrogen and oxygen atoms in total. The normalized spacial score (nSPS) is 39.2. The van der Waals surface area contributed by atoms with Crippen LogP contribution in [0.4, 0.5) is 0 Å². The molecule has 6 rings (SSSR count). The molecule has 168 valence electrons. The van der Waals surface area contributed by atoms with E-state index in [4.69, 9.17) is 0 Å². The molecule has 4 aliphatic carbocycles. The van der Waals surface area contributed by atoms with Crippen molar-refractivity contribution in [3.63, 3.8) is 0 Å². The smallest absolute Gasteiger partial charge is 1.00 e. The van der Waals surface area contributed by atoms with Gasteiger partial charge in [0.2, 0.25) is 0 Å². The maximum Gasteiger partial charge on any atom is 4.00 e. The van der Waals surface area contributed by atoms with Gasteiger partial charge in [0.05, 0.1) is 0 Å². The van der Waals surface area contributed by atoms with E-state index in [0.29, 0.717) is 0 Å². The fourth-order valence-electron chi connectivity index (χ4n) is 7.14. The Hall–Kier alpha value is 0.688. The molecule has 2 saturated carbocycles. The van der Waals surface area contributed by atoms with Crippen molar-refractivity contribution in [2.75, 3.05) is 0 Å². The number of fused-ring (bicyclic) bond motifs is 2. The zero-order valence-electron chi connectivity index (χ0n) is 19.2. The van der Waals surface area contributed by atoms with Gasteiger partial charge in [-0.05, 0) is 23.7 Å². The summed E-state index contributed by atoms with van der Waals surface area (Å²) in [7, 11) is -1.63. The van der Waals surface area contributed by atoms with Crippen LogP contribution in [-0.2, 0) is 21.7 Å². The van der Waals surface area contributed by atoms with Crippen LogP contribution in [0.15, 0.2) is 48.6 Å². The Morgan fingerprint density at radius 1 is 0.613 bits per heavy atom. The van der Waals surface area contributed by atoms with Crippen LogP contribution in [0.1, 0.15) is 25.7 Å². The summed E-state index contributed by atoms with van der Waals surface area (Å²) < 4.78 is 0. The molecule has 2 saturated heterocycles. The van der Waals surface area contributed by atoms with Crippen LogP contribution in [0.25, 0.3) is 0 Å². The Kier molecular flexibility index (Phi) is 10.3. The van der Waals surface area contributed by atoms with E-state index in [-0.39, 0.29) is 46.5 Å². The van der Waals surface area contributed by atoms with E-state index in [1.54, 1.807) is 24.2 Å². The molecular formula is C26H38Cl2Si2Ti. The first-order valence-electron chi connectivity index (χ1n) is 12.0. The van der Waals surface area contributed by atoms with E-state index in [9.17, 15) is 0 Å². The van der Waals surface area contributed by atoms with Gasteiger partial charge in [0.15, 0.2) is 0 Å². The number of hydrogen-bond acceptors (Lipinski definition) is 0. The fraction of sp³-hybridized carbons (Fsp3) is 0.615. The van der Waals surface area contributed by atoms with Gasteiger partial charge in [-0.3, -0.25) is 0 Å². The number of halogens is 2. The Labute approximate surface area is 220 Å².